The van der Waals surface area contributed by atoms with E-state index in [1.54, 1.807) is 0 Å². The lowest BCUT2D eigenvalue weighted by molar-refractivity contribution is -0.159. The number of fused-ring (bicyclic) bond motifs is 2. The summed E-state index contributed by atoms with van der Waals surface area (Å²) in [4.78, 5) is 34.4. The molecular weight excluding hydrogens is 424 g/mol. The van der Waals surface area contributed by atoms with E-state index in [4.69, 9.17) is 29.3 Å². The van der Waals surface area contributed by atoms with Crippen LogP contribution in [0.1, 0.15) is 35.4 Å². The largest absolute Gasteiger partial charge is 0.473 e. The third-order valence-corrected chi connectivity index (χ3v) is 6.05. The fraction of sp³-hybridized carbons (Fsp3) is 0.381. The first kappa shape index (κ1) is 22.6. The van der Waals surface area contributed by atoms with E-state index in [1.165, 1.54) is 10.4 Å². The minimum atomic E-state index is -1.82. The Bertz CT molecular complexity index is 947. The van der Waals surface area contributed by atoms with Gasteiger partial charge in [0.15, 0.2) is 11.5 Å². The van der Waals surface area contributed by atoms with Gasteiger partial charge in [0.25, 0.3) is 0 Å². The van der Waals surface area contributed by atoms with Gasteiger partial charge in [-0.1, -0.05) is 13.0 Å². The van der Waals surface area contributed by atoms with E-state index in [-0.39, 0.29) is 12.7 Å². The van der Waals surface area contributed by atoms with Crippen LogP contribution < -0.4 is 14.8 Å². The monoisotopic (exact) mass is 448 g/mol. The molecule has 1 atom stereocenters. The molecule has 0 radical (unpaired) electrons. The van der Waals surface area contributed by atoms with Gasteiger partial charge in [-0.3, -0.25) is 9.69 Å². The van der Waals surface area contributed by atoms with Gasteiger partial charge in [-0.15, -0.1) is 11.3 Å². The minimum Gasteiger partial charge on any atom is -0.473 e. The van der Waals surface area contributed by atoms with Crippen LogP contribution in [0.25, 0.3) is 0 Å². The molecule has 0 fully saturated rings. The topological polar surface area (TPSA) is 125 Å². The average molecular weight is 448 g/mol. The van der Waals surface area contributed by atoms with E-state index in [0.29, 0.717) is 19.1 Å². The van der Waals surface area contributed by atoms with Crippen molar-refractivity contribution in [1.82, 2.24) is 10.2 Å². The third-order valence-electron chi connectivity index (χ3n) is 5.05. The molecule has 0 saturated carbocycles. The number of carbonyl (C=O) groups is 3. The summed E-state index contributed by atoms with van der Waals surface area (Å²) in [5, 5.41) is 20.0. The standard InChI is InChI=1S/C19H22N2O3S.C2H2O4/c1-2-15-14-6-8-25-18(14)5-7-21(15)11-19(22)20-10-13-3-4-16-17(9-13)24-12-23-16;3-1(4)2(5)6/h3-4,6,8-9,15H,2,5,7,10-12H2,1H3,(H,20,22);(H,3,4)(H,5,6). The SMILES string of the molecule is CCC1c2ccsc2CCN1CC(=O)NCc1ccc2c(c1)OCO2.O=C(O)C(=O)O. The van der Waals surface area contributed by atoms with Gasteiger partial charge < -0.3 is 25.0 Å². The highest BCUT2D eigenvalue weighted by atomic mass is 32.1. The van der Waals surface area contributed by atoms with Crippen LogP contribution in [0.15, 0.2) is 29.6 Å². The van der Waals surface area contributed by atoms with E-state index in [0.717, 1.165) is 36.4 Å². The lowest BCUT2D eigenvalue weighted by Crippen LogP contribution is -2.42. The van der Waals surface area contributed by atoms with Crippen LogP contribution in [0, 0.1) is 0 Å². The molecule has 4 rings (SSSR count). The van der Waals surface area contributed by atoms with Crippen molar-refractivity contribution in [2.45, 2.75) is 32.4 Å². The van der Waals surface area contributed by atoms with E-state index >= 15 is 0 Å². The second-order valence-electron chi connectivity index (χ2n) is 7.02. The van der Waals surface area contributed by atoms with Gasteiger partial charge in [0, 0.05) is 24.0 Å². The Morgan fingerprint density at radius 3 is 2.61 bits per heavy atom. The zero-order valence-corrected chi connectivity index (χ0v) is 17.8. The first-order valence-electron chi connectivity index (χ1n) is 9.80. The Balaban J connectivity index is 0.000000401. The second-order valence-corrected chi connectivity index (χ2v) is 8.02. The number of aliphatic carboxylic acids is 2. The molecular formula is C21H24N2O7S. The molecule has 0 saturated heterocycles. The first-order chi connectivity index (χ1) is 14.9. The van der Waals surface area contributed by atoms with Crippen molar-refractivity contribution in [2.75, 3.05) is 19.9 Å². The Hall–Kier alpha value is -3.11. The predicted octanol–water partition coefficient (Wildman–Crippen LogP) is 2.26. The van der Waals surface area contributed by atoms with E-state index in [9.17, 15) is 4.79 Å². The Morgan fingerprint density at radius 1 is 1.16 bits per heavy atom. The highest BCUT2D eigenvalue weighted by Gasteiger charge is 2.28. The lowest BCUT2D eigenvalue weighted by atomic mass is 9.98. The third kappa shape index (κ3) is 5.74. The molecule has 0 aliphatic carbocycles. The predicted molar refractivity (Wildman–Crippen MR) is 112 cm³/mol. The molecule has 9 nitrogen and oxygen atoms in total. The normalized spacial score (nSPS) is 16.6. The maximum absolute atomic E-state index is 12.4. The maximum atomic E-state index is 12.4. The molecule has 31 heavy (non-hydrogen) atoms. The fourth-order valence-corrected chi connectivity index (χ4v) is 4.54. The van der Waals surface area contributed by atoms with E-state index in [1.807, 2.05) is 29.5 Å². The maximum Gasteiger partial charge on any atom is 0.414 e. The number of carbonyl (C=O) groups excluding carboxylic acids is 1. The van der Waals surface area contributed by atoms with E-state index < -0.39 is 11.9 Å². The van der Waals surface area contributed by atoms with Crippen molar-refractivity contribution in [3.63, 3.8) is 0 Å². The van der Waals surface area contributed by atoms with Crippen molar-refractivity contribution in [2.24, 2.45) is 0 Å². The van der Waals surface area contributed by atoms with Crippen LogP contribution in [0.2, 0.25) is 0 Å². The molecule has 3 heterocycles. The van der Waals surface area contributed by atoms with Gasteiger partial charge in [-0.2, -0.15) is 0 Å². The lowest BCUT2D eigenvalue weighted by Gasteiger charge is -2.34. The second kappa shape index (κ2) is 10.3. The molecule has 2 aliphatic heterocycles. The quantitative estimate of drug-likeness (QED) is 0.595. The number of rotatable bonds is 5. The molecule has 3 N–H and O–H groups in total. The number of benzene rings is 1. The Morgan fingerprint density at radius 2 is 1.90 bits per heavy atom. The van der Waals surface area contributed by atoms with Gasteiger partial charge in [0.1, 0.15) is 0 Å². The minimum absolute atomic E-state index is 0.0646. The molecule has 2 aromatic rings. The van der Waals surface area contributed by atoms with Gasteiger partial charge in [0.05, 0.1) is 6.54 Å². The molecule has 1 aromatic carbocycles. The number of hydrogen-bond donors (Lipinski definition) is 3. The summed E-state index contributed by atoms with van der Waals surface area (Å²) in [5.74, 6) is -2.07. The molecule has 1 amide bonds. The number of carboxylic acid groups (broad SMARTS) is 2. The molecule has 166 valence electrons. The van der Waals surface area contributed by atoms with Crippen LogP contribution >= 0.6 is 11.3 Å². The highest BCUT2D eigenvalue weighted by molar-refractivity contribution is 7.10. The summed E-state index contributed by atoms with van der Waals surface area (Å²) in [5.41, 5.74) is 2.42. The smallest absolute Gasteiger partial charge is 0.414 e. The van der Waals surface area contributed by atoms with Crippen molar-refractivity contribution in [3.8, 4) is 11.5 Å². The molecule has 2 aliphatic rings. The van der Waals surface area contributed by atoms with Crippen LogP contribution in [-0.2, 0) is 27.3 Å². The average Bonchev–Trinajstić information content (AvgIpc) is 3.41. The van der Waals surface area contributed by atoms with Gasteiger partial charge >= 0.3 is 11.9 Å². The van der Waals surface area contributed by atoms with Crippen LogP contribution in [0.4, 0.5) is 0 Å². The number of nitrogens with one attached hydrogen (secondary N) is 1. The van der Waals surface area contributed by atoms with Gasteiger partial charge in [-0.25, -0.2) is 9.59 Å². The fourth-order valence-electron chi connectivity index (χ4n) is 3.61. The Labute approximate surface area is 183 Å². The number of amides is 1. The van der Waals surface area contributed by atoms with Crippen molar-refractivity contribution in [1.29, 1.82) is 0 Å². The molecule has 1 unspecified atom stereocenters. The van der Waals surface area contributed by atoms with Crippen molar-refractivity contribution >= 4 is 29.2 Å². The highest BCUT2D eigenvalue weighted by Crippen LogP contribution is 2.35. The summed E-state index contributed by atoms with van der Waals surface area (Å²) in [6.07, 6.45) is 2.07. The number of nitrogens with zero attached hydrogens (tertiary/aromatic N) is 1. The first-order valence-corrected chi connectivity index (χ1v) is 10.7. The number of carboxylic acids is 2. The molecule has 0 spiro atoms. The summed E-state index contributed by atoms with van der Waals surface area (Å²) in [7, 11) is 0. The summed E-state index contributed by atoms with van der Waals surface area (Å²) in [6.45, 7) is 4.35. The number of hydrogen-bond acceptors (Lipinski definition) is 7. The molecule has 0 bridgehead atoms. The number of thiophene rings is 1. The van der Waals surface area contributed by atoms with E-state index in [2.05, 4.69) is 28.6 Å². The van der Waals surface area contributed by atoms with Crippen LogP contribution in [0.3, 0.4) is 0 Å². The van der Waals surface area contributed by atoms with Crippen molar-refractivity contribution in [3.05, 3.63) is 45.6 Å². The zero-order valence-electron chi connectivity index (χ0n) is 17.0. The van der Waals surface area contributed by atoms with Gasteiger partial charge in [0.2, 0.25) is 12.7 Å². The van der Waals surface area contributed by atoms with Gasteiger partial charge in [-0.05, 0) is 47.5 Å². The molecule has 1 aromatic heterocycles. The molecule has 10 heteroatoms. The van der Waals surface area contributed by atoms with Crippen molar-refractivity contribution < 1.29 is 34.1 Å². The summed E-state index contributed by atoms with van der Waals surface area (Å²) in [6, 6.07) is 8.34. The Kier molecular flexibility index (Phi) is 7.48. The van der Waals surface area contributed by atoms with Crippen LogP contribution in [-0.4, -0.2) is 52.8 Å². The summed E-state index contributed by atoms with van der Waals surface area (Å²) < 4.78 is 10.7. The van der Waals surface area contributed by atoms with Crippen LogP contribution in [0.5, 0.6) is 11.5 Å². The zero-order chi connectivity index (χ0) is 22.4. The summed E-state index contributed by atoms with van der Waals surface area (Å²) >= 11 is 1.83. The number of ether oxygens (including phenoxy) is 2.